The average Bonchev–Trinajstić information content (AvgIpc) is 2.75. The molecular weight excluding hydrogens is 394 g/mol. The molecule has 0 fully saturated rings. The zero-order valence-corrected chi connectivity index (χ0v) is 16.5. The first-order valence-electron chi connectivity index (χ1n) is 8.89. The molecule has 0 atom stereocenters. The molecule has 1 aromatic carbocycles. The first-order chi connectivity index (χ1) is 14.4. The van der Waals surface area contributed by atoms with Crippen LogP contribution in [0.4, 0.5) is 14.6 Å². The first kappa shape index (κ1) is 22.5. The lowest BCUT2D eigenvalue weighted by Gasteiger charge is -2.30. The van der Waals surface area contributed by atoms with Gasteiger partial charge >= 0.3 is 0 Å². The number of nitrogens with two attached hydrogens (primary N) is 1. The van der Waals surface area contributed by atoms with E-state index in [2.05, 4.69) is 20.3 Å². The summed E-state index contributed by atoms with van der Waals surface area (Å²) in [5, 5.41) is 2.36. The molecule has 2 aromatic rings. The summed E-state index contributed by atoms with van der Waals surface area (Å²) in [5.74, 6) is -2.27. The summed E-state index contributed by atoms with van der Waals surface area (Å²) < 4.78 is 27.4. The van der Waals surface area contributed by atoms with Crippen molar-refractivity contribution in [1.82, 2.24) is 14.9 Å². The van der Waals surface area contributed by atoms with Crippen molar-refractivity contribution in [3.8, 4) is 0 Å². The number of hydrogen-bond acceptors (Lipinski definition) is 6. The van der Waals surface area contributed by atoms with E-state index < -0.39 is 23.1 Å². The monoisotopic (exact) mass is 416 g/mol. The Morgan fingerprint density at radius 2 is 1.90 bits per heavy atom. The van der Waals surface area contributed by atoms with Gasteiger partial charge in [0.05, 0.1) is 18.1 Å². The van der Waals surface area contributed by atoms with Crippen molar-refractivity contribution in [2.75, 3.05) is 25.5 Å². The summed E-state index contributed by atoms with van der Waals surface area (Å²) in [6.45, 7) is 3.34. The maximum atomic E-state index is 13.7. The number of halogens is 2. The summed E-state index contributed by atoms with van der Waals surface area (Å²) in [6, 6.07) is 3.22. The van der Waals surface area contributed by atoms with Crippen LogP contribution in [0, 0.1) is 22.7 Å². The number of aromatic nitrogens is 2. The molecule has 0 saturated heterocycles. The Morgan fingerprint density at radius 1 is 1.23 bits per heavy atom. The van der Waals surface area contributed by atoms with Gasteiger partial charge in [-0.3, -0.25) is 14.8 Å². The number of nitrogens with zero attached hydrogens (tertiary/aromatic N) is 4. The van der Waals surface area contributed by atoms with Crippen LogP contribution >= 0.6 is 0 Å². The number of aliphatic imine (C=N–C) groups is 1. The zero-order valence-electron chi connectivity index (χ0n) is 16.5. The van der Waals surface area contributed by atoms with Crippen LogP contribution in [0.25, 0.3) is 5.57 Å². The molecule has 158 valence electrons. The van der Waals surface area contributed by atoms with Gasteiger partial charge in [-0.15, -0.1) is 0 Å². The van der Waals surface area contributed by atoms with E-state index in [-0.39, 0.29) is 5.82 Å². The van der Waals surface area contributed by atoms with Gasteiger partial charge in [0.25, 0.3) is 5.91 Å². The predicted molar refractivity (Wildman–Crippen MR) is 108 cm³/mol. The molecule has 0 bridgehead atoms. The fourth-order valence-electron chi connectivity index (χ4n) is 2.94. The van der Waals surface area contributed by atoms with Gasteiger partial charge in [-0.25, -0.2) is 24.8 Å². The van der Waals surface area contributed by atoms with E-state index in [1.54, 1.807) is 7.05 Å². The normalized spacial score (nSPS) is 14.1. The summed E-state index contributed by atoms with van der Waals surface area (Å²) in [6.07, 6.45) is 3.68. The molecule has 9 nitrogen and oxygen atoms in total. The minimum atomic E-state index is -0.944. The Hall–Kier alpha value is -3.76. The highest BCUT2D eigenvalue weighted by molar-refractivity contribution is 6.04. The highest BCUT2D eigenvalue weighted by Gasteiger charge is 2.21. The van der Waals surface area contributed by atoms with Crippen LogP contribution in [-0.4, -0.2) is 46.9 Å². The second-order valence-corrected chi connectivity index (χ2v) is 6.35. The van der Waals surface area contributed by atoms with Crippen molar-refractivity contribution in [3.05, 3.63) is 59.1 Å². The van der Waals surface area contributed by atoms with Crippen LogP contribution in [0.1, 0.15) is 29.4 Å². The molecule has 11 heteroatoms. The number of guanidine groups is 1. The Balaban J connectivity index is 0.00000155. The smallest absolute Gasteiger partial charge is 0.262 e. The SMILES string of the molecule is CN=C(N)N1CCC(C)=C(c2cnc(NC(=O)c3c(F)cccc3F)cn2)C1.N=N. The molecule has 1 aliphatic rings. The number of amides is 1. The van der Waals surface area contributed by atoms with E-state index in [0.29, 0.717) is 18.2 Å². The third kappa shape index (κ3) is 4.99. The minimum Gasteiger partial charge on any atom is -0.370 e. The maximum Gasteiger partial charge on any atom is 0.262 e. The lowest BCUT2D eigenvalue weighted by atomic mass is 9.99. The van der Waals surface area contributed by atoms with Gasteiger partial charge in [-0.2, -0.15) is 0 Å². The minimum absolute atomic E-state index is 0.0944. The van der Waals surface area contributed by atoms with Gasteiger partial charge in [-0.1, -0.05) is 11.6 Å². The van der Waals surface area contributed by atoms with Crippen LogP contribution in [0.2, 0.25) is 0 Å². The molecule has 1 aromatic heterocycles. The number of anilines is 1. The van der Waals surface area contributed by atoms with Crippen LogP contribution in [-0.2, 0) is 0 Å². The first-order valence-corrected chi connectivity index (χ1v) is 8.89. The third-order valence-electron chi connectivity index (χ3n) is 4.57. The molecule has 30 heavy (non-hydrogen) atoms. The largest absolute Gasteiger partial charge is 0.370 e. The van der Waals surface area contributed by atoms with Crippen molar-refractivity contribution >= 4 is 23.3 Å². The van der Waals surface area contributed by atoms with E-state index >= 15 is 0 Å². The molecule has 1 aliphatic heterocycles. The number of benzene rings is 1. The highest BCUT2D eigenvalue weighted by atomic mass is 19.1. The lowest BCUT2D eigenvalue weighted by Crippen LogP contribution is -2.41. The van der Waals surface area contributed by atoms with Gasteiger partial charge in [0.15, 0.2) is 11.8 Å². The van der Waals surface area contributed by atoms with E-state index in [1.807, 2.05) is 11.8 Å². The molecule has 3 rings (SSSR count). The standard InChI is InChI=1S/C19H20F2N6O.H2N2/c1-11-6-7-27(19(22)23-2)10-12(11)15-8-25-16(9-24-15)26-18(28)17-13(20)4-3-5-14(17)21;1-2/h3-5,8-9H,6-7,10H2,1-2H3,(H2,22,23)(H,25,26,28);1-2H. The summed E-state index contributed by atoms with van der Waals surface area (Å²) >= 11 is 0. The Kier molecular flexibility index (Phi) is 7.62. The molecule has 0 spiro atoms. The summed E-state index contributed by atoms with van der Waals surface area (Å²) in [4.78, 5) is 26.6. The highest BCUT2D eigenvalue weighted by Crippen LogP contribution is 2.25. The van der Waals surface area contributed by atoms with Crippen molar-refractivity contribution in [2.24, 2.45) is 10.7 Å². The zero-order chi connectivity index (χ0) is 22.3. The van der Waals surface area contributed by atoms with E-state index in [1.165, 1.54) is 24.0 Å². The Morgan fingerprint density at radius 3 is 2.47 bits per heavy atom. The van der Waals surface area contributed by atoms with Gasteiger partial charge in [-0.05, 0) is 31.1 Å². The maximum absolute atomic E-state index is 13.7. The Bertz CT molecular complexity index is 955. The van der Waals surface area contributed by atoms with Crippen molar-refractivity contribution in [2.45, 2.75) is 13.3 Å². The molecular formula is C19H22F2N8O. The van der Waals surface area contributed by atoms with Crippen LogP contribution < -0.4 is 11.1 Å². The van der Waals surface area contributed by atoms with Gasteiger partial charge < -0.3 is 16.0 Å². The quantitative estimate of drug-likeness (QED) is 0.345. The van der Waals surface area contributed by atoms with Crippen molar-refractivity contribution in [3.63, 3.8) is 0 Å². The van der Waals surface area contributed by atoms with Gasteiger partial charge in [0.2, 0.25) is 0 Å². The molecule has 1 amide bonds. The fraction of sp³-hybridized carbons (Fsp3) is 0.263. The topological polar surface area (TPSA) is 144 Å². The second-order valence-electron chi connectivity index (χ2n) is 6.35. The van der Waals surface area contributed by atoms with Crippen LogP contribution in [0.5, 0.6) is 0 Å². The number of carbonyl (C=O) groups is 1. The molecule has 2 heterocycles. The van der Waals surface area contributed by atoms with E-state index in [4.69, 9.17) is 16.8 Å². The fourth-order valence-corrected chi connectivity index (χ4v) is 2.94. The lowest BCUT2D eigenvalue weighted by molar-refractivity contribution is 0.101. The average molecular weight is 416 g/mol. The van der Waals surface area contributed by atoms with Crippen molar-refractivity contribution < 1.29 is 13.6 Å². The summed E-state index contributed by atoms with van der Waals surface area (Å²) in [7, 11) is 1.63. The number of rotatable bonds is 3. The van der Waals surface area contributed by atoms with E-state index in [9.17, 15) is 13.6 Å². The van der Waals surface area contributed by atoms with Crippen LogP contribution in [0.3, 0.4) is 0 Å². The Labute approximate surface area is 172 Å². The van der Waals surface area contributed by atoms with Gasteiger partial charge in [0.1, 0.15) is 17.2 Å². The second kappa shape index (κ2) is 10.1. The number of hydrogen-bond donors (Lipinski definition) is 4. The number of carbonyl (C=O) groups excluding carboxylic acids is 1. The molecule has 0 aliphatic carbocycles. The van der Waals surface area contributed by atoms with Gasteiger partial charge in [0, 0.05) is 20.1 Å². The van der Waals surface area contributed by atoms with E-state index in [0.717, 1.165) is 30.7 Å². The third-order valence-corrected chi connectivity index (χ3v) is 4.57. The summed E-state index contributed by atoms with van der Waals surface area (Å²) in [5.41, 5.74) is 18.0. The van der Waals surface area contributed by atoms with Crippen LogP contribution in [0.15, 0.2) is 41.2 Å². The molecule has 0 radical (unpaired) electrons. The van der Waals surface area contributed by atoms with Crippen molar-refractivity contribution in [1.29, 1.82) is 11.1 Å². The molecule has 0 saturated carbocycles. The molecule has 5 N–H and O–H groups in total. The molecule has 0 unspecified atom stereocenters. The predicted octanol–water partition coefficient (Wildman–Crippen LogP) is 3.03. The number of nitrogens with one attached hydrogen (secondary N) is 3.